The third kappa shape index (κ3) is 8.89. The topological polar surface area (TPSA) is 89.0 Å². The van der Waals surface area contributed by atoms with Crippen molar-refractivity contribution in [1.29, 1.82) is 0 Å². The highest BCUT2D eigenvalue weighted by molar-refractivity contribution is 14.1. The fourth-order valence-corrected chi connectivity index (χ4v) is 4.64. The molecule has 3 rings (SSSR count). The van der Waals surface area contributed by atoms with Crippen molar-refractivity contribution in [3.8, 4) is 11.5 Å². The number of ether oxygens (including phenoxy) is 2. The zero-order valence-electron chi connectivity index (χ0n) is 21.2. The third-order valence-electron chi connectivity index (χ3n) is 5.37. The second-order valence-corrected chi connectivity index (χ2v) is 10.5. The van der Waals surface area contributed by atoms with Gasteiger partial charge in [0, 0.05) is 34.1 Å². The molecule has 0 aliphatic carbocycles. The van der Waals surface area contributed by atoms with Crippen LogP contribution in [0.15, 0.2) is 53.6 Å². The summed E-state index contributed by atoms with van der Waals surface area (Å²) in [6, 6.07) is 14.7. The van der Waals surface area contributed by atoms with Gasteiger partial charge in [-0.25, -0.2) is 5.43 Å². The van der Waals surface area contributed by atoms with E-state index in [0.717, 1.165) is 25.9 Å². The van der Waals surface area contributed by atoms with Crippen LogP contribution in [0.3, 0.4) is 0 Å². The fraction of sp³-hybridized carbons (Fsp3) is 0.250. The van der Waals surface area contributed by atoms with Crippen molar-refractivity contribution < 1.29 is 19.1 Å². The van der Waals surface area contributed by atoms with Crippen LogP contribution in [0.1, 0.15) is 42.0 Å². The second-order valence-electron chi connectivity index (χ2n) is 8.45. The van der Waals surface area contributed by atoms with E-state index in [1.807, 2.05) is 51.1 Å². The SMILES string of the molecule is CCOc1cc(C=NNC(=O)CCC(=O)Nc2cc(C)ccc2C)cc(I)c1OCc1ccc(Cl)cc1Cl. The van der Waals surface area contributed by atoms with E-state index >= 15 is 0 Å². The summed E-state index contributed by atoms with van der Waals surface area (Å²) < 4.78 is 12.6. The molecule has 7 nitrogen and oxygen atoms in total. The van der Waals surface area contributed by atoms with Crippen LogP contribution in [0.4, 0.5) is 5.69 Å². The molecule has 0 fully saturated rings. The van der Waals surface area contributed by atoms with Gasteiger partial charge in [-0.15, -0.1) is 0 Å². The van der Waals surface area contributed by atoms with Crippen molar-refractivity contribution in [2.45, 2.75) is 40.2 Å². The van der Waals surface area contributed by atoms with E-state index in [9.17, 15) is 9.59 Å². The highest BCUT2D eigenvalue weighted by Crippen LogP contribution is 2.35. The first-order chi connectivity index (χ1) is 18.2. The van der Waals surface area contributed by atoms with Gasteiger partial charge in [0.25, 0.3) is 0 Å². The van der Waals surface area contributed by atoms with Gasteiger partial charge in [-0.1, -0.05) is 41.4 Å². The molecular formula is C28H28Cl2IN3O4. The molecule has 0 aliphatic rings. The number of halogens is 3. The van der Waals surface area contributed by atoms with Crippen molar-refractivity contribution in [2.75, 3.05) is 11.9 Å². The second kappa shape index (κ2) is 14.4. The number of carbonyl (C=O) groups excluding carboxylic acids is 2. The molecule has 2 amide bonds. The van der Waals surface area contributed by atoms with Crippen LogP contribution in [0.2, 0.25) is 10.0 Å². The minimum Gasteiger partial charge on any atom is -0.490 e. The number of hydrogen-bond acceptors (Lipinski definition) is 5. The zero-order valence-corrected chi connectivity index (χ0v) is 24.9. The van der Waals surface area contributed by atoms with Gasteiger partial charge in [-0.2, -0.15) is 5.10 Å². The lowest BCUT2D eigenvalue weighted by Crippen LogP contribution is -2.21. The number of anilines is 1. The van der Waals surface area contributed by atoms with Crippen LogP contribution in [0, 0.1) is 17.4 Å². The normalized spacial score (nSPS) is 10.9. The molecule has 200 valence electrons. The number of nitrogens with zero attached hydrogens (tertiary/aromatic N) is 1. The summed E-state index contributed by atoms with van der Waals surface area (Å²) in [4.78, 5) is 24.5. The Hall–Kier alpha value is -2.82. The molecule has 38 heavy (non-hydrogen) atoms. The number of hydrogen-bond donors (Lipinski definition) is 2. The first-order valence-electron chi connectivity index (χ1n) is 11.9. The van der Waals surface area contributed by atoms with Gasteiger partial charge in [0.2, 0.25) is 11.8 Å². The molecular weight excluding hydrogens is 640 g/mol. The Bertz CT molecular complexity index is 1350. The predicted molar refractivity (Wildman–Crippen MR) is 161 cm³/mol. The van der Waals surface area contributed by atoms with Crippen molar-refractivity contribution >= 4 is 69.5 Å². The molecule has 0 unspecified atom stereocenters. The molecule has 0 atom stereocenters. The minimum absolute atomic E-state index is 0.00972. The standard InChI is InChI=1S/C28H28Cl2IN3O4/c1-4-37-25-13-19(12-23(31)28(25)38-16-20-7-8-21(29)14-22(20)30)15-32-34-27(36)10-9-26(35)33-24-11-17(2)5-6-18(24)3/h5-8,11-15H,4,9-10,16H2,1-3H3,(H,33,35)(H,34,36). The lowest BCUT2D eigenvalue weighted by molar-refractivity contribution is -0.124. The Morgan fingerprint density at radius 1 is 1.00 bits per heavy atom. The first kappa shape index (κ1) is 29.7. The van der Waals surface area contributed by atoms with E-state index in [2.05, 4.69) is 38.4 Å². The maximum atomic E-state index is 12.3. The van der Waals surface area contributed by atoms with Crippen LogP contribution in [-0.2, 0) is 16.2 Å². The monoisotopic (exact) mass is 667 g/mol. The fourth-order valence-electron chi connectivity index (χ4n) is 3.40. The number of rotatable bonds is 11. The Morgan fingerprint density at radius 2 is 1.76 bits per heavy atom. The summed E-state index contributed by atoms with van der Waals surface area (Å²) in [5.41, 5.74) is 6.73. The molecule has 2 N–H and O–H groups in total. The van der Waals surface area contributed by atoms with Gasteiger partial charge < -0.3 is 14.8 Å². The van der Waals surface area contributed by atoms with Gasteiger partial charge in [-0.3, -0.25) is 9.59 Å². The molecule has 10 heteroatoms. The van der Waals surface area contributed by atoms with Crippen molar-refractivity contribution in [2.24, 2.45) is 5.10 Å². The van der Waals surface area contributed by atoms with Crippen LogP contribution in [0.5, 0.6) is 11.5 Å². The summed E-state index contributed by atoms with van der Waals surface area (Å²) in [6.45, 7) is 6.44. The Labute approximate surface area is 246 Å². The molecule has 0 saturated carbocycles. The predicted octanol–water partition coefficient (Wildman–Crippen LogP) is 7.06. The van der Waals surface area contributed by atoms with Gasteiger partial charge in [-0.05, 0) is 90.4 Å². The molecule has 0 aliphatic heterocycles. The molecule has 3 aromatic carbocycles. The Morgan fingerprint density at radius 3 is 2.50 bits per heavy atom. The number of hydrazone groups is 1. The number of nitrogens with one attached hydrogen (secondary N) is 2. The van der Waals surface area contributed by atoms with E-state index in [4.69, 9.17) is 32.7 Å². The lowest BCUT2D eigenvalue weighted by Gasteiger charge is -2.15. The summed E-state index contributed by atoms with van der Waals surface area (Å²) in [5, 5.41) is 7.95. The summed E-state index contributed by atoms with van der Waals surface area (Å²) in [6.07, 6.45) is 1.57. The Kier molecular flexibility index (Phi) is 11.2. The lowest BCUT2D eigenvalue weighted by atomic mass is 10.1. The van der Waals surface area contributed by atoms with Gasteiger partial charge >= 0.3 is 0 Å². The highest BCUT2D eigenvalue weighted by Gasteiger charge is 2.14. The third-order valence-corrected chi connectivity index (χ3v) is 6.76. The van der Waals surface area contributed by atoms with Crippen molar-refractivity contribution in [3.05, 3.63) is 84.4 Å². The van der Waals surface area contributed by atoms with E-state index in [0.29, 0.717) is 33.7 Å². The maximum absolute atomic E-state index is 12.3. The minimum atomic E-state index is -0.364. The summed E-state index contributed by atoms with van der Waals surface area (Å²) in [7, 11) is 0. The quantitative estimate of drug-likeness (QED) is 0.130. The molecule has 3 aromatic rings. The molecule has 0 aromatic heterocycles. The van der Waals surface area contributed by atoms with Crippen LogP contribution in [0.25, 0.3) is 0 Å². The van der Waals surface area contributed by atoms with Crippen LogP contribution in [-0.4, -0.2) is 24.6 Å². The molecule has 0 heterocycles. The average Bonchev–Trinajstić information content (AvgIpc) is 2.86. The van der Waals surface area contributed by atoms with E-state index < -0.39 is 0 Å². The van der Waals surface area contributed by atoms with Crippen molar-refractivity contribution in [3.63, 3.8) is 0 Å². The van der Waals surface area contributed by atoms with Crippen molar-refractivity contribution in [1.82, 2.24) is 5.43 Å². The molecule has 0 spiro atoms. The average molecular weight is 668 g/mol. The summed E-state index contributed by atoms with van der Waals surface area (Å²) in [5.74, 6) is 0.524. The van der Waals surface area contributed by atoms with E-state index in [1.54, 1.807) is 18.2 Å². The largest absolute Gasteiger partial charge is 0.490 e. The smallest absolute Gasteiger partial charge is 0.240 e. The number of benzene rings is 3. The molecule has 0 saturated heterocycles. The van der Waals surface area contributed by atoms with Crippen LogP contribution < -0.4 is 20.2 Å². The first-order valence-corrected chi connectivity index (χ1v) is 13.7. The molecule has 0 bridgehead atoms. The maximum Gasteiger partial charge on any atom is 0.240 e. The zero-order chi connectivity index (χ0) is 27.7. The highest BCUT2D eigenvalue weighted by atomic mass is 127. The van der Waals surface area contributed by atoms with E-state index in [-0.39, 0.29) is 31.3 Å². The number of carbonyl (C=O) groups is 2. The Balaban J connectivity index is 1.57. The number of aryl methyl sites for hydroxylation is 2. The molecule has 0 radical (unpaired) electrons. The summed E-state index contributed by atoms with van der Waals surface area (Å²) >= 11 is 14.4. The van der Waals surface area contributed by atoms with Gasteiger partial charge in [0.05, 0.1) is 16.4 Å². The van der Waals surface area contributed by atoms with Gasteiger partial charge in [0.1, 0.15) is 6.61 Å². The van der Waals surface area contributed by atoms with Gasteiger partial charge in [0.15, 0.2) is 11.5 Å². The van der Waals surface area contributed by atoms with E-state index in [1.165, 1.54) is 6.21 Å². The number of amides is 2. The van der Waals surface area contributed by atoms with Crippen LogP contribution >= 0.6 is 45.8 Å².